The van der Waals surface area contributed by atoms with Crippen LogP contribution in [-0.2, 0) is 0 Å². The van der Waals surface area contributed by atoms with Crippen LogP contribution < -0.4 is 15.6 Å². The number of aromatic nitrogens is 1. The van der Waals surface area contributed by atoms with Crippen molar-refractivity contribution in [2.24, 2.45) is 0 Å². The molecule has 0 atom stereocenters. The summed E-state index contributed by atoms with van der Waals surface area (Å²) in [5, 5.41) is 19.3. The average Bonchev–Trinajstić information content (AvgIpc) is 3.09. The van der Waals surface area contributed by atoms with Gasteiger partial charge in [-0.15, -0.1) is 0 Å². The van der Waals surface area contributed by atoms with Gasteiger partial charge in [0.05, 0.1) is 13.1 Å². The monoisotopic (exact) mass is 304 g/mol. The molecule has 2 heterocycles. The zero-order chi connectivity index (χ0) is 16.4. The summed E-state index contributed by atoms with van der Waals surface area (Å²) in [7, 11) is 0. The first-order valence-corrected chi connectivity index (χ1v) is 7.66. The molecule has 0 bridgehead atoms. The van der Waals surface area contributed by atoms with E-state index >= 15 is 0 Å². The van der Waals surface area contributed by atoms with E-state index in [1.165, 1.54) is 0 Å². The molecule has 0 amide bonds. The molecular weight excluding hydrogens is 286 g/mol. The second kappa shape index (κ2) is 5.98. The van der Waals surface area contributed by atoms with Crippen molar-refractivity contribution in [1.29, 1.82) is 10.5 Å². The normalized spacial score (nSPS) is 13.6. The molecule has 0 spiro atoms. The molecule has 1 aliphatic heterocycles. The van der Waals surface area contributed by atoms with E-state index < -0.39 is 0 Å². The lowest BCUT2D eigenvalue weighted by molar-refractivity contribution is -0.346. The van der Waals surface area contributed by atoms with Gasteiger partial charge in [-0.3, -0.25) is 4.90 Å². The number of hydrogen-bond acceptors (Lipinski definition) is 4. The van der Waals surface area contributed by atoms with E-state index in [2.05, 4.69) is 22.0 Å². The maximum atomic E-state index is 9.74. The Morgan fingerprint density at radius 1 is 1.04 bits per heavy atom. The molecule has 1 fully saturated rings. The van der Waals surface area contributed by atoms with Gasteiger partial charge < -0.3 is 5.73 Å². The van der Waals surface area contributed by atoms with Crippen LogP contribution in [0.4, 0.5) is 11.6 Å². The summed E-state index contributed by atoms with van der Waals surface area (Å²) in [6.07, 6.45) is 2.19. The summed E-state index contributed by atoms with van der Waals surface area (Å²) in [6, 6.07) is 12.2. The highest BCUT2D eigenvalue weighted by molar-refractivity contribution is 5.83. The molecule has 0 aliphatic carbocycles. The van der Waals surface area contributed by atoms with E-state index in [0.717, 1.165) is 42.9 Å². The first-order chi connectivity index (χ1) is 11.2. The van der Waals surface area contributed by atoms with Crippen molar-refractivity contribution in [3.8, 4) is 23.3 Å². The van der Waals surface area contributed by atoms with Gasteiger partial charge in [0.25, 0.3) is 0 Å². The largest absolute Gasteiger partial charge is 0.318 e. The van der Waals surface area contributed by atoms with Crippen molar-refractivity contribution in [2.75, 3.05) is 23.7 Å². The Labute approximate surface area is 135 Å². The lowest BCUT2D eigenvalue weighted by Crippen LogP contribution is -2.30. The molecule has 0 saturated carbocycles. The number of nitrogens with zero attached hydrogens (tertiary/aromatic N) is 3. The second-order valence-corrected chi connectivity index (χ2v) is 5.80. The third-order valence-electron chi connectivity index (χ3n) is 4.25. The molecule has 5 nitrogen and oxygen atoms in total. The van der Waals surface area contributed by atoms with E-state index in [-0.39, 0.29) is 0 Å². The number of nitriles is 2. The van der Waals surface area contributed by atoms with Gasteiger partial charge in [0.1, 0.15) is 23.3 Å². The number of nitrogens with two attached hydrogens (primary N) is 1. The summed E-state index contributed by atoms with van der Waals surface area (Å²) in [4.78, 5) is 5.20. The summed E-state index contributed by atoms with van der Waals surface area (Å²) in [5.74, 6) is 1.03. The van der Waals surface area contributed by atoms with Crippen LogP contribution >= 0.6 is 0 Å². The molecule has 0 unspecified atom stereocenters. The highest BCUT2D eigenvalue weighted by Crippen LogP contribution is 2.34. The number of aromatic amines is 1. The molecule has 1 aromatic carbocycles. The molecule has 1 aliphatic rings. The number of pyridine rings is 1. The second-order valence-electron chi connectivity index (χ2n) is 5.80. The Morgan fingerprint density at radius 3 is 2.22 bits per heavy atom. The molecule has 5 heteroatoms. The summed E-state index contributed by atoms with van der Waals surface area (Å²) < 4.78 is 0. The van der Waals surface area contributed by atoms with Gasteiger partial charge in [0, 0.05) is 5.56 Å². The van der Waals surface area contributed by atoms with Crippen molar-refractivity contribution >= 4 is 11.6 Å². The van der Waals surface area contributed by atoms with Gasteiger partial charge in [-0.1, -0.05) is 29.8 Å². The Hall–Kier alpha value is -3.05. The minimum Gasteiger partial charge on any atom is -0.318 e. The zero-order valence-corrected chi connectivity index (χ0v) is 13.1. The van der Waals surface area contributed by atoms with E-state index in [4.69, 9.17) is 5.73 Å². The van der Waals surface area contributed by atoms with Gasteiger partial charge in [0.2, 0.25) is 11.6 Å². The molecule has 23 heavy (non-hydrogen) atoms. The Morgan fingerprint density at radius 2 is 1.65 bits per heavy atom. The van der Waals surface area contributed by atoms with Crippen LogP contribution in [0.1, 0.15) is 29.5 Å². The van der Waals surface area contributed by atoms with Crippen LogP contribution in [0, 0.1) is 29.6 Å². The standard InChI is InChI=1S/C18H17N5/c1-12-4-6-13(7-5-12)16-14(10-19)17(21)22-18(15(16)11-20)23-8-2-3-9-23/h4-7H,2-3,8-9H2,1H3,(H2,21,22)/p+1. The molecule has 3 N–H and O–H groups in total. The van der Waals surface area contributed by atoms with Gasteiger partial charge in [-0.2, -0.15) is 10.5 Å². The van der Waals surface area contributed by atoms with Gasteiger partial charge in [-0.05, 0) is 25.3 Å². The number of nitrogen functional groups attached to an aromatic ring is 1. The number of rotatable bonds is 2. The Balaban J connectivity index is 2.29. The van der Waals surface area contributed by atoms with E-state index in [9.17, 15) is 10.5 Å². The fraction of sp³-hybridized carbons (Fsp3) is 0.278. The van der Waals surface area contributed by atoms with Crippen molar-refractivity contribution in [2.45, 2.75) is 19.8 Å². The van der Waals surface area contributed by atoms with Crippen molar-refractivity contribution in [1.82, 2.24) is 0 Å². The fourth-order valence-electron chi connectivity index (χ4n) is 3.04. The highest BCUT2D eigenvalue weighted by atomic mass is 15.2. The molecule has 3 rings (SSSR count). The molecule has 1 saturated heterocycles. The average molecular weight is 304 g/mol. The first kappa shape index (κ1) is 14.9. The summed E-state index contributed by atoms with van der Waals surface area (Å²) >= 11 is 0. The third kappa shape index (κ3) is 2.58. The number of H-pyrrole nitrogens is 1. The van der Waals surface area contributed by atoms with Crippen LogP contribution in [0.2, 0.25) is 0 Å². The first-order valence-electron chi connectivity index (χ1n) is 7.66. The van der Waals surface area contributed by atoms with Crippen LogP contribution in [0.3, 0.4) is 0 Å². The van der Waals surface area contributed by atoms with Gasteiger partial charge in [0.15, 0.2) is 0 Å². The van der Waals surface area contributed by atoms with Gasteiger partial charge in [-0.25, -0.2) is 4.98 Å². The molecule has 1 aromatic heterocycles. The SMILES string of the molecule is Cc1ccc(-c2c(C#N)c(N)[nH+]c(N3CCCC3)c2C#N)cc1. The maximum Gasteiger partial charge on any atom is 0.240 e. The number of hydrogen-bond donors (Lipinski definition) is 1. The maximum absolute atomic E-state index is 9.74. The smallest absolute Gasteiger partial charge is 0.240 e. The minimum atomic E-state index is 0.309. The molecule has 114 valence electrons. The topological polar surface area (TPSA) is 91.0 Å². The van der Waals surface area contributed by atoms with Crippen LogP contribution in [0.15, 0.2) is 24.3 Å². The van der Waals surface area contributed by atoms with E-state index in [0.29, 0.717) is 22.5 Å². The quantitative estimate of drug-likeness (QED) is 0.922. The van der Waals surface area contributed by atoms with Crippen molar-refractivity contribution in [3.05, 3.63) is 41.0 Å². The fourth-order valence-corrected chi connectivity index (χ4v) is 3.04. The Kier molecular flexibility index (Phi) is 3.87. The zero-order valence-electron chi connectivity index (χ0n) is 13.1. The molecule has 0 radical (unpaired) electrons. The Bertz CT molecular complexity index is 818. The molecular formula is C18H18N5+. The lowest BCUT2D eigenvalue weighted by atomic mass is 9.95. The number of anilines is 2. The van der Waals surface area contributed by atoms with E-state index in [1.807, 2.05) is 31.2 Å². The van der Waals surface area contributed by atoms with Crippen LogP contribution in [0.25, 0.3) is 11.1 Å². The van der Waals surface area contributed by atoms with Gasteiger partial charge >= 0.3 is 0 Å². The number of nitrogens with one attached hydrogen (secondary N) is 1. The lowest BCUT2D eigenvalue weighted by Gasteiger charge is -2.16. The highest BCUT2D eigenvalue weighted by Gasteiger charge is 2.28. The van der Waals surface area contributed by atoms with Crippen LogP contribution in [0.5, 0.6) is 0 Å². The van der Waals surface area contributed by atoms with E-state index in [1.54, 1.807) is 0 Å². The van der Waals surface area contributed by atoms with Crippen molar-refractivity contribution < 1.29 is 4.98 Å². The number of aryl methyl sites for hydroxylation is 1. The van der Waals surface area contributed by atoms with Crippen LogP contribution in [-0.4, -0.2) is 13.1 Å². The van der Waals surface area contributed by atoms with Crippen molar-refractivity contribution in [3.63, 3.8) is 0 Å². The predicted molar refractivity (Wildman–Crippen MR) is 88.5 cm³/mol. The molecule has 2 aromatic rings. The number of benzene rings is 1. The summed E-state index contributed by atoms with van der Waals surface area (Å²) in [6.45, 7) is 3.79. The predicted octanol–water partition coefficient (Wildman–Crippen LogP) is 2.40. The minimum absolute atomic E-state index is 0.309. The summed E-state index contributed by atoms with van der Waals surface area (Å²) in [5.41, 5.74) is 9.47. The third-order valence-corrected chi connectivity index (χ3v) is 4.25.